The topological polar surface area (TPSA) is 45.2 Å². The number of anilines is 1. The maximum atomic E-state index is 13.3. The van der Waals surface area contributed by atoms with Gasteiger partial charge in [-0.2, -0.15) is 0 Å². The number of carbonyl (C=O) groups excluding carboxylic acids is 1. The molecular weight excluding hydrogens is 344 g/mol. The average molecular weight is 365 g/mol. The van der Waals surface area contributed by atoms with E-state index in [9.17, 15) is 13.6 Å². The lowest BCUT2D eigenvalue weighted by Crippen LogP contribution is -2.42. The number of benzene rings is 1. The van der Waals surface area contributed by atoms with Gasteiger partial charge in [-0.15, -0.1) is 11.3 Å². The van der Waals surface area contributed by atoms with Crippen molar-refractivity contribution >= 4 is 22.4 Å². The van der Waals surface area contributed by atoms with E-state index in [1.54, 1.807) is 5.38 Å². The molecule has 2 atom stereocenters. The molecule has 0 spiro atoms. The molecule has 0 unspecified atom stereocenters. The summed E-state index contributed by atoms with van der Waals surface area (Å²) in [5.41, 5.74) is 0.994. The lowest BCUT2D eigenvalue weighted by atomic mass is 9.92. The van der Waals surface area contributed by atoms with E-state index in [1.807, 2.05) is 0 Å². The Bertz CT molecular complexity index is 755. The zero-order valence-corrected chi connectivity index (χ0v) is 15.1. The van der Waals surface area contributed by atoms with E-state index < -0.39 is 11.6 Å². The summed E-state index contributed by atoms with van der Waals surface area (Å²) in [6.07, 6.45) is 1.20. The normalized spacial score (nSPS) is 21.3. The predicted molar refractivity (Wildman–Crippen MR) is 95.5 cm³/mol. The predicted octanol–water partition coefficient (Wildman–Crippen LogP) is 4.00. The quantitative estimate of drug-likeness (QED) is 0.891. The molecule has 25 heavy (non-hydrogen) atoms. The number of nitrogens with zero attached hydrogens (tertiary/aromatic N) is 2. The van der Waals surface area contributed by atoms with Gasteiger partial charge in [0.25, 0.3) is 0 Å². The SMILES string of the molecule is C[C@H]1C[C@H](C)CN(CC(=O)Nc2nc(-c3ccc(F)c(F)c3)cs2)C1. The molecule has 1 aromatic heterocycles. The van der Waals surface area contributed by atoms with Gasteiger partial charge in [-0.3, -0.25) is 9.69 Å². The van der Waals surface area contributed by atoms with Crippen LogP contribution in [-0.4, -0.2) is 35.4 Å². The average Bonchev–Trinajstić information content (AvgIpc) is 2.97. The number of hydrogen-bond donors (Lipinski definition) is 1. The van der Waals surface area contributed by atoms with Gasteiger partial charge in [0.1, 0.15) is 0 Å². The summed E-state index contributed by atoms with van der Waals surface area (Å²) in [5, 5.41) is 4.97. The van der Waals surface area contributed by atoms with E-state index in [1.165, 1.54) is 23.8 Å². The van der Waals surface area contributed by atoms with Gasteiger partial charge < -0.3 is 5.32 Å². The first-order valence-electron chi connectivity index (χ1n) is 8.34. The van der Waals surface area contributed by atoms with Crippen molar-refractivity contribution in [2.45, 2.75) is 20.3 Å². The second kappa shape index (κ2) is 7.58. The number of rotatable bonds is 4. The van der Waals surface area contributed by atoms with E-state index in [4.69, 9.17) is 0 Å². The van der Waals surface area contributed by atoms with Crippen molar-refractivity contribution in [3.63, 3.8) is 0 Å². The fourth-order valence-electron chi connectivity index (χ4n) is 3.40. The number of nitrogens with one attached hydrogen (secondary N) is 1. The summed E-state index contributed by atoms with van der Waals surface area (Å²) in [4.78, 5) is 18.7. The van der Waals surface area contributed by atoms with Gasteiger partial charge >= 0.3 is 0 Å². The maximum Gasteiger partial charge on any atom is 0.240 e. The Balaban J connectivity index is 1.61. The van der Waals surface area contributed by atoms with Crippen LogP contribution in [0.2, 0.25) is 0 Å². The number of halogens is 2. The maximum absolute atomic E-state index is 13.3. The second-order valence-corrected chi connectivity index (χ2v) is 7.71. The highest BCUT2D eigenvalue weighted by molar-refractivity contribution is 7.14. The monoisotopic (exact) mass is 365 g/mol. The summed E-state index contributed by atoms with van der Waals surface area (Å²) < 4.78 is 26.3. The largest absolute Gasteiger partial charge is 0.301 e. The van der Waals surface area contributed by atoms with Crippen LogP contribution in [0.5, 0.6) is 0 Å². The lowest BCUT2D eigenvalue weighted by Gasteiger charge is -2.34. The van der Waals surface area contributed by atoms with Crippen molar-refractivity contribution in [1.82, 2.24) is 9.88 Å². The molecule has 1 fully saturated rings. The molecule has 1 aliphatic heterocycles. The van der Waals surface area contributed by atoms with Gasteiger partial charge in [0.2, 0.25) is 5.91 Å². The molecular formula is C18H21F2N3OS. The Hall–Kier alpha value is -1.86. The van der Waals surface area contributed by atoms with Crippen LogP contribution in [0.15, 0.2) is 23.6 Å². The summed E-state index contributed by atoms with van der Waals surface area (Å²) in [5.74, 6) is -0.720. The standard InChI is InChI=1S/C18H21F2N3OS/c1-11-5-12(2)8-23(7-11)9-17(24)22-18-21-16(10-25-18)13-3-4-14(19)15(20)6-13/h3-4,6,10-12H,5,7-9H2,1-2H3,(H,21,22,24)/t11-,12-/m0/s1. The molecule has 0 saturated carbocycles. The van der Waals surface area contributed by atoms with Crippen LogP contribution in [0.25, 0.3) is 11.3 Å². The van der Waals surface area contributed by atoms with E-state index in [2.05, 4.69) is 29.0 Å². The molecule has 4 nitrogen and oxygen atoms in total. The Labute approximate surface area is 149 Å². The first-order valence-corrected chi connectivity index (χ1v) is 9.22. The molecule has 0 bridgehead atoms. The number of hydrogen-bond acceptors (Lipinski definition) is 4. The first kappa shape index (κ1) is 17.9. The van der Waals surface area contributed by atoms with Crippen molar-refractivity contribution < 1.29 is 13.6 Å². The number of piperidine rings is 1. The number of likely N-dealkylation sites (tertiary alicyclic amines) is 1. The highest BCUT2D eigenvalue weighted by Crippen LogP contribution is 2.26. The van der Waals surface area contributed by atoms with Crippen LogP contribution in [0, 0.1) is 23.5 Å². The number of carbonyl (C=O) groups is 1. The summed E-state index contributed by atoms with van der Waals surface area (Å²) in [6.45, 7) is 6.60. The fourth-order valence-corrected chi connectivity index (χ4v) is 4.14. The van der Waals surface area contributed by atoms with E-state index >= 15 is 0 Å². The third kappa shape index (κ3) is 4.61. The summed E-state index contributed by atoms with van der Waals surface area (Å²) in [6, 6.07) is 3.64. The number of amides is 1. The molecule has 134 valence electrons. The molecule has 1 aromatic carbocycles. The van der Waals surface area contributed by atoms with Crippen molar-refractivity contribution in [2.75, 3.05) is 25.0 Å². The van der Waals surface area contributed by atoms with Crippen molar-refractivity contribution in [3.05, 3.63) is 35.2 Å². The van der Waals surface area contributed by atoms with Crippen molar-refractivity contribution in [1.29, 1.82) is 0 Å². The van der Waals surface area contributed by atoms with Crippen molar-refractivity contribution in [2.24, 2.45) is 11.8 Å². The van der Waals surface area contributed by atoms with Crippen LogP contribution in [0.3, 0.4) is 0 Å². The van der Waals surface area contributed by atoms with Crippen LogP contribution in [-0.2, 0) is 4.79 Å². The number of thiazole rings is 1. The first-order chi connectivity index (χ1) is 11.9. The van der Waals surface area contributed by atoms with Gasteiger partial charge in [0.05, 0.1) is 12.2 Å². The molecule has 1 aliphatic rings. The molecule has 0 radical (unpaired) electrons. The third-order valence-corrected chi connectivity index (χ3v) is 5.04. The molecule has 1 N–H and O–H groups in total. The van der Waals surface area contributed by atoms with Gasteiger partial charge in [-0.1, -0.05) is 13.8 Å². The van der Waals surface area contributed by atoms with Crippen LogP contribution in [0.4, 0.5) is 13.9 Å². The van der Waals surface area contributed by atoms with Crippen molar-refractivity contribution in [3.8, 4) is 11.3 Å². The second-order valence-electron chi connectivity index (χ2n) is 6.86. The summed E-state index contributed by atoms with van der Waals surface area (Å²) >= 11 is 1.27. The Kier molecular flexibility index (Phi) is 5.44. The van der Waals surface area contributed by atoms with E-state index in [-0.39, 0.29) is 5.91 Å². The van der Waals surface area contributed by atoms with E-state index in [0.29, 0.717) is 34.8 Å². The molecule has 3 rings (SSSR count). The van der Waals surface area contributed by atoms with Gasteiger partial charge in [-0.05, 0) is 36.5 Å². The molecule has 0 aliphatic carbocycles. The minimum Gasteiger partial charge on any atom is -0.301 e. The third-order valence-electron chi connectivity index (χ3n) is 4.28. The fraction of sp³-hybridized carbons (Fsp3) is 0.444. The van der Waals surface area contributed by atoms with E-state index in [0.717, 1.165) is 25.2 Å². The Morgan fingerprint density at radius 1 is 1.28 bits per heavy atom. The van der Waals surface area contributed by atoms with Crippen LogP contribution >= 0.6 is 11.3 Å². The smallest absolute Gasteiger partial charge is 0.240 e. The van der Waals surface area contributed by atoms with Gasteiger partial charge in [0, 0.05) is 24.0 Å². The molecule has 1 saturated heterocycles. The minimum atomic E-state index is -0.913. The zero-order chi connectivity index (χ0) is 18.0. The lowest BCUT2D eigenvalue weighted by molar-refractivity contribution is -0.117. The summed E-state index contributed by atoms with van der Waals surface area (Å²) in [7, 11) is 0. The molecule has 2 heterocycles. The number of aromatic nitrogens is 1. The molecule has 2 aromatic rings. The zero-order valence-electron chi connectivity index (χ0n) is 14.3. The van der Waals surface area contributed by atoms with Gasteiger partial charge in [-0.25, -0.2) is 13.8 Å². The molecule has 7 heteroatoms. The highest BCUT2D eigenvalue weighted by atomic mass is 32.1. The molecule has 1 amide bonds. The van der Waals surface area contributed by atoms with Crippen LogP contribution in [0.1, 0.15) is 20.3 Å². The highest BCUT2D eigenvalue weighted by Gasteiger charge is 2.23. The van der Waals surface area contributed by atoms with Crippen LogP contribution < -0.4 is 5.32 Å². The Morgan fingerprint density at radius 3 is 2.68 bits per heavy atom. The Morgan fingerprint density at radius 2 is 2.00 bits per heavy atom. The minimum absolute atomic E-state index is 0.104. The van der Waals surface area contributed by atoms with Gasteiger partial charge in [0.15, 0.2) is 16.8 Å².